The third kappa shape index (κ3) is 5.41. The Labute approximate surface area is 189 Å². The molecule has 1 saturated heterocycles. The normalized spacial score (nSPS) is 15.5. The summed E-state index contributed by atoms with van der Waals surface area (Å²) in [5.41, 5.74) is 1.38. The molecule has 0 aromatic heterocycles. The van der Waals surface area contributed by atoms with Gasteiger partial charge in [-0.25, -0.2) is 21.6 Å². The smallest absolute Gasteiger partial charge is 0.243 e. The molecule has 0 atom stereocenters. The molecule has 2 aromatic carbocycles. The molecular formula is C21H28N2O7S2. The largest absolute Gasteiger partial charge is 0.496 e. The van der Waals surface area contributed by atoms with E-state index in [0.717, 1.165) is 5.56 Å². The fraction of sp³-hybridized carbons (Fsp3) is 0.429. The summed E-state index contributed by atoms with van der Waals surface area (Å²) in [7, 11) is -5.74. The third-order valence-electron chi connectivity index (χ3n) is 5.29. The Kier molecular flexibility index (Phi) is 7.78. The lowest BCUT2D eigenvalue weighted by atomic mass is 10.1. The highest BCUT2D eigenvalue weighted by Gasteiger charge is 2.26. The van der Waals surface area contributed by atoms with Gasteiger partial charge in [-0.3, -0.25) is 0 Å². The molecule has 176 valence electrons. The van der Waals surface area contributed by atoms with Gasteiger partial charge in [0.05, 0.1) is 30.1 Å². The van der Waals surface area contributed by atoms with Crippen LogP contribution in [0.15, 0.2) is 46.2 Å². The minimum Gasteiger partial charge on any atom is -0.496 e. The summed E-state index contributed by atoms with van der Waals surface area (Å²) in [4.78, 5) is 0.367. The van der Waals surface area contributed by atoms with Gasteiger partial charge in [-0.05, 0) is 61.4 Å². The van der Waals surface area contributed by atoms with Crippen LogP contribution in [0.2, 0.25) is 0 Å². The van der Waals surface area contributed by atoms with Gasteiger partial charge in [0.15, 0.2) is 0 Å². The Balaban J connectivity index is 1.56. The number of hydrogen-bond acceptors (Lipinski definition) is 7. The van der Waals surface area contributed by atoms with Crippen molar-refractivity contribution < 1.29 is 31.0 Å². The van der Waals surface area contributed by atoms with Gasteiger partial charge in [-0.1, -0.05) is 0 Å². The fourth-order valence-corrected chi connectivity index (χ4v) is 6.07. The highest BCUT2D eigenvalue weighted by molar-refractivity contribution is 7.89. The monoisotopic (exact) mass is 484 g/mol. The van der Waals surface area contributed by atoms with Crippen LogP contribution in [0.3, 0.4) is 0 Å². The highest BCUT2D eigenvalue weighted by atomic mass is 32.2. The van der Waals surface area contributed by atoms with Crippen molar-refractivity contribution in [1.29, 1.82) is 0 Å². The molecule has 0 radical (unpaired) electrons. The zero-order valence-electron chi connectivity index (χ0n) is 18.3. The molecule has 3 rings (SSSR count). The van der Waals surface area contributed by atoms with Gasteiger partial charge < -0.3 is 14.2 Å². The van der Waals surface area contributed by atoms with Gasteiger partial charge in [0.2, 0.25) is 20.0 Å². The van der Waals surface area contributed by atoms with Crippen molar-refractivity contribution in [1.82, 2.24) is 9.03 Å². The number of nitrogens with zero attached hydrogens (tertiary/aromatic N) is 1. The lowest BCUT2D eigenvalue weighted by Crippen LogP contribution is -2.40. The summed E-state index contributed by atoms with van der Waals surface area (Å²) in [6, 6.07) is 9.21. The molecule has 11 heteroatoms. The molecule has 0 unspecified atom stereocenters. The van der Waals surface area contributed by atoms with E-state index in [1.165, 1.54) is 29.6 Å². The van der Waals surface area contributed by atoms with Crippen LogP contribution in [0.5, 0.6) is 11.5 Å². The molecule has 1 aliphatic heterocycles. The summed E-state index contributed by atoms with van der Waals surface area (Å²) in [6.45, 7) is 5.10. The molecule has 1 heterocycles. The average Bonchev–Trinajstić information content (AvgIpc) is 2.79. The number of benzene rings is 2. The summed E-state index contributed by atoms with van der Waals surface area (Å²) in [6.07, 6.45) is 0. The average molecular weight is 485 g/mol. The second-order valence-electron chi connectivity index (χ2n) is 7.25. The Morgan fingerprint density at radius 1 is 0.969 bits per heavy atom. The third-order valence-corrected chi connectivity index (χ3v) is 8.81. The van der Waals surface area contributed by atoms with Gasteiger partial charge in [0, 0.05) is 19.6 Å². The molecule has 32 heavy (non-hydrogen) atoms. The maximum atomic E-state index is 12.6. The number of nitrogens with one attached hydrogen (secondary N) is 1. The first-order chi connectivity index (χ1) is 15.2. The van der Waals surface area contributed by atoms with Gasteiger partial charge in [0.1, 0.15) is 18.1 Å². The van der Waals surface area contributed by atoms with E-state index >= 15 is 0 Å². The van der Waals surface area contributed by atoms with Crippen molar-refractivity contribution in [2.24, 2.45) is 0 Å². The minimum atomic E-state index is -3.71. The Morgan fingerprint density at radius 2 is 1.62 bits per heavy atom. The van der Waals surface area contributed by atoms with Crippen molar-refractivity contribution >= 4 is 20.0 Å². The van der Waals surface area contributed by atoms with Gasteiger partial charge >= 0.3 is 0 Å². The van der Waals surface area contributed by atoms with Crippen LogP contribution in [0.4, 0.5) is 0 Å². The second-order valence-corrected chi connectivity index (χ2v) is 10.9. The maximum absolute atomic E-state index is 12.6. The molecule has 0 spiro atoms. The van der Waals surface area contributed by atoms with Crippen LogP contribution in [-0.2, 0) is 24.8 Å². The predicted octanol–water partition coefficient (Wildman–Crippen LogP) is 1.69. The van der Waals surface area contributed by atoms with Crippen LogP contribution in [0, 0.1) is 13.8 Å². The molecule has 0 amide bonds. The van der Waals surface area contributed by atoms with E-state index in [1.54, 1.807) is 32.0 Å². The topological polar surface area (TPSA) is 111 Å². The fourth-order valence-electron chi connectivity index (χ4n) is 3.35. The van der Waals surface area contributed by atoms with E-state index in [4.69, 9.17) is 14.2 Å². The van der Waals surface area contributed by atoms with E-state index in [9.17, 15) is 16.8 Å². The van der Waals surface area contributed by atoms with Crippen LogP contribution in [0.25, 0.3) is 0 Å². The second kappa shape index (κ2) is 10.2. The molecule has 1 fully saturated rings. The molecular weight excluding hydrogens is 456 g/mol. The number of morpholine rings is 1. The minimum absolute atomic E-state index is 0.0562. The molecule has 0 aliphatic carbocycles. The lowest BCUT2D eigenvalue weighted by molar-refractivity contribution is 0.0730. The van der Waals surface area contributed by atoms with Crippen molar-refractivity contribution in [3.8, 4) is 11.5 Å². The molecule has 0 saturated carbocycles. The van der Waals surface area contributed by atoms with Crippen LogP contribution >= 0.6 is 0 Å². The van der Waals surface area contributed by atoms with Gasteiger partial charge in [-0.2, -0.15) is 4.31 Å². The van der Waals surface area contributed by atoms with E-state index in [-0.39, 0.29) is 22.9 Å². The zero-order valence-corrected chi connectivity index (χ0v) is 20.0. The van der Waals surface area contributed by atoms with Crippen molar-refractivity contribution in [3.63, 3.8) is 0 Å². The van der Waals surface area contributed by atoms with Crippen molar-refractivity contribution in [2.75, 3.05) is 46.6 Å². The lowest BCUT2D eigenvalue weighted by Gasteiger charge is -2.26. The molecule has 9 nitrogen and oxygen atoms in total. The molecule has 2 aromatic rings. The number of sulfonamides is 2. The number of methoxy groups -OCH3 is 1. The predicted molar refractivity (Wildman–Crippen MR) is 119 cm³/mol. The Hall–Kier alpha value is -2.18. The van der Waals surface area contributed by atoms with Crippen molar-refractivity contribution in [3.05, 3.63) is 47.5 Å². The van der Waals surface area contributed by atoms with Crippen molar-refractivity contribution in [2.45, 2.75) is 23.6 Å². The molecule has 0 bridgehead atoms. The van der Waals surface area contributed by atoms with Gasteiger partial charge in [-0.15, -0.1) is 0 Å². The van der Waals surface area contributed by atoms with Gasteiger partial charge in [0.25, 0.3) is 0 Å². The first-order valence-electron chi connectivity index (χ1n) is 10.1. The summed E-state index contributed by atoms with van der Waals surface area (Å²) in [5, 5.41) is 0. The van der Waals surface area contributed by atoms with Crippen LogP contribution in [-0.4, -0.2) is 67.7 Å². The van der Waals surface area contributed by atoms with E-state index < -0.39 is 20.0 Å². The molecule has 1 N–H and O–H groups in total. The quantitative estimate of drug-likeness (QED) is 0.539. The molecule has 1 aliphatic rings. The Bertz CT molecular complexity index is 1140. The van der Waals surface area contributed by atoms with Crippen LogP contribution in [0.1, 0.15) is 11.1 Å². The highest BCUT2D eigenvalue weighted by Crippen LogP contribution is 2.26. The summed E-state index contributed by atoms with van der Waals surface area (Å²) < 4.78 is 70.5. The first kappa shape index (κ1) is 24.5. The zero-order chi connectivity index (χ0) is 23.4. The number of hydrogen-bond donors (Lipinski definition) is 1. The first-order valence-corrected chi connectivity index (χ1v) is 13.0. The SMILES string of the molecule is COc1ccc(S(=O)(=O)NCCOc2ccc(S(=O)(=O)N3CCOCC3)cc2)c(C)c1C. The Morgan fingerprint density at radius 3 is 2.25 bits per heavy atom. The standard InChI is InChI=1S/C21H28N2O7S2/c1-16-17(2)21(9-8-20(16)28-3)31(24,25)22-10-13-30-18-4-6-19(7-5-18)32(26,27)23-11-14-29-15-12-23/h4-9,22H,10-15H2,1-3H3. The maximum Gasteiger partial charge on any atom is 0.243 e. The van der Waals surface area contributed by atoms with E-state index in [0.29, 0.717) is 43.4 Å². The summed E-state index contributed by atoms with van der Waals surface area (Å²) in [5.74, 6) is 1.07. The number of rotatable bonds is 9. The number of ether oxygens (including phenoxy) is 3. The van der Waals surface area contributed by atoms with E-state index in [1.807, 2.05) is 0 Å². The summed E-state index contributed by atoms with van der Waals surface area (Å²) >= 11 is 0. The van der Waals surface area contributed by atoms with Crippen LogP contribution < -0.4 is 14.2 Å². The van der Waals surface area contributed by atoms with E-state index in [2.05, 4.69) is 4.72 Å².